The van der Waals surface area contributed by atoms with Crippen molar-refractivity contribution < 1.29 is 8.42 Å². The van der Waals surface area contributed by atoms with Crippen LogP contribution < -0.4 is 5.69 Å². The van der Waals surface area contributed by atoms with Crippen LogP contribution in [0.4, 0.5) is 0 Å². The van der Waals surface area contributed by atoms with Gasteiger partial charge in [0, 0.05) is 26.1 Å². The molecule has 8 heteroatoms. The Bertz CT molecular complexity index is 921. The third-order valence-electron chi connectivity index (χ3n) is 5.09. The maximum Gasteiger partial charge on any atom is 0.350 e. The van der Waals surface area contributed by atoms with Crippen LogP contribution in [-0.2, 0) is 17.1 Å². The molecular weight excluding hydrogens is 340 g/mol. The molecule has 1 aromatic carbocycles. The Morgan fingerprint density at radius 3 is 2.28 bits per heavy atom. The highest BCUT2D eigenvalue weighted by molar-refractivity contribution is 7.90. The molecule has 2 heterocycles. The summed E-state index contributed by atoms with van der Waals surface area (Å²) >= 11 is 0. The van der Waals surface area contributed by atoms with Crippen LogP contribution in [0.2, 0.25) is 0 Å². The topological polar surface area (TPSA) is 77.2 Å². The normalized spacial score (nSPS) is 20.0. The molecule has 2 fully saturated rings. The van der Waals surface area contributed by atoms with Crippen LogP contribution in [0.5, 0.6) is 0 Å². The molecule has 1 aromatic heterocycles. The molecule has 2 aromatic rings. The summed E-state index contributed by atoms with van der Waals surface area (Å²) in [6.07, 6.45) is 2.95. The predicted octanol–water partition coefficient (Wildman–Crippen LogP) is 1.24. The molecule has 0 atom stereocenters. The highest BCUT2D eigenvalue weighted by Crippen LogP contribution is 2.35. The zero-order valence-electron chi connectivity index (χ0n) is 14.2. The van der Waals surface area contributed by atoms with Gasteiger partial charge in [-0.3, -0.25) is 0 Å². The smallest absolute Gasteiger partial charge is 0.247 e. The molecule has 4 rings (SSSR count). The predicted molar refractivity (Wildman–Crippen MR) is 94.3 cm³/mol. The maximum atomic E-state index is 12.5. The minimum atomic E-state index is -3.12. The molecule has 2 aliphatic rings. The Morgan fingerprint density at radius 2 is 1.68 bits per heavy atom. The monoisotopic (exact) mass is 362 g/mol. The van der Waals surface area contributed by atoms with Crippen molar-refractivity contribution in [1.82, 2.24) is 18.7 Å². The molecule has 0 N–H and O–H groups in total. The van der Waals surface area contributed by atoms with E-state index in [0.29, 0.717) is 25.9 Å². The van der Waals surface area contributed by atoms with Crippen LogP contribution in [0, 0.1) is 0 Å². The van der Waals surface area contributed by atoms with Gasteiger partial charge in [0.05, 0.1) is 10.9 Å². The van der Waals surface area contributed by atoms with E-state index in [4.69, 9.17) is 0 Å². The van der Waals surface area contributed by atoms with Crippen LogP contribution in [0.1, 0.15) is 37.4 Å². The zero-order valence-corrected chi connectivity index (χ0v) is 15.0. The quantitative estimate of drug-likeness (QED) is 0.820. The summed E-state index contributed by atoms with van der Waals surface area (Å²) in [5.41, 5.74) is 0.623. The minimum Gasteiger partial charge on any atom is -0.247 e. The van der Waals surface area contributed by atoms with Gasteiger partial charge in [0.2, 0.25) is 10.0 Å². The largest absolute Gasteiger partial charge is 0.350 e. The summed E-state index contributed by atoms with van der Waals surface area (Å²) < 4.78 is 29.4. The van der Waals surface area contributed by atoms with E-state index in [-0.39, 0.29) is 16.9 Å². The maximum absolute atomic E-state index is 12.5. The summed E-state index contributed by atoms with van der Waals surface area (Å²) in [6.45, 7) is 1.01. The number of benzene rings is 1. The van der Waals surface area contributed by atoms with E-state index in [2.05, 4.69) is 5.10 Å². The Morgan fingerprint density at radius 1 is 1.04 bits per heavy atom. The van der Waals surface area contributed by atoms with Crippen LogP contribution in [0.15, 0.2) is 35.1 Å². The first-order chi connectivity index (χ1) is 12.0. The van der Waals surface area contributed by atoms with Crippen LogP contribution in [0.3, 0.4) is 0 Å². The Hall–Kier alpha value is -1.93. The van der Waals surface area contributed by atoms with Gasteiger partial charge in [0.25, 0.3) is 0 Å². The van der Waals surface area contributed by atoms with Crippen LogP contribution >= 0.6 is 0 Å². The van der Waals surface area contributed by atoms with E-state index in [0.717, 1.165) is 24.4 Å². The lowest BCUT2D eigenvalue weighted by Gasteiger charge is -2.30. The summed E-state index contributed by atoms with van der Waals surface area (Å²) in [6, 6.07) is 9.47. The molecule has 25 heavy (non-hydrogen) atoms. The van der Waals surface area contributed by atoms with Crippen molar-refractivity contribution in [2.24, 2.45) is 7.05 Å². The molecular formula is C17H22N4O3S. The molecule has 0 amide bonds. The first-order valence-corrected chi connectivity index (χ1v) is 10.2. The van der Waals surface area contributed by atoms with E-state index in [1.807, 2.05) is 30.3 Å². The molecule has 1 aliphatic heterocycles. The molecule has 0 radical (unpaired) electrons. The fourth-order valence-corrected chi connectivity index (χ4v) is 5.39. The van der Waals surface area contributed by atoms with Gasteiger partial charge in [-0.1, -0.05) is 18.2 Å². The molecule has 0 spiro atoms. The lowest BCUT2D eigenvalue weighted by molar-refractivity contribution is 0.311. The van der Waals surface area contributed by atoms with E-state index < -0.39 is 10.0 Å². The Labute approximate surface area is 146 Å². The standard InChI is InChI=1S/C17H22N4O3S/c1-19-17(22)21(14-5-3-2-4-6-14)16(18-19)13-9-11-20(12-10-13)25(23,24)15-7-8-15/h2-6,13,15H,7-12H2,1H3. The van der Waals surface area contributed by atoms with E-state index in [9.17, 15) is 13.2 Å². The van der Waals surface area contributed by atoms with Crippen molar-refractivity contribution in [3.63, 3.8) is 0 Å². The van der Waals surface area contributed by atoms with E-state index in [1.165, 1.54) is 4.68 Å². The summed E-state index contributed by atoms with van der Waals surface area (Å²) in [4.78, 5) is 12.5. The summed E-state index contributed by atoms with van der Waals surface area (Å²) in [5, 5.41) is 4.28. The highest BCUT2D eigenvalue weighted by Gasteiger charge is 2.41. The second-order valence-electron chi connectivity index (χ2n) is 6.85. The zero-order chi connectivity index (χ0) is 17.6. The van der Waals surface area contributed by atoms with Crippen molar-refractivity contribution in [3.05, 3.63) is 46.6 Å². The first-order valence-electron chi connectivity index (χ1n) is 8.69. The number of aryl methyl sites for hydroxylation is 1. The molecule has 0 bridgehead atoms. The van der Waals surface area contributed by atoms with E-state index in [1.54, 1.807) is 15.9 Å². The van der Waals surface area contributed by atoms with Gasteiger partial charge in [-0.05, 0) is 37.8 Å². The third kappa shape index (κ3) is 2.93. The van der Waals surface area contributed by atoms with Crippen molar-refractivity contribution in [3.8, 4) is 5.69 Å². The molecule has 7 nitrogen and oxygen atoms in total. The van der Waals surface area contributed by atoms with E-state index >= 15 is 0 Å². The Balaban J connectivity index is 1.60. The van der Waals surface area contributed by atoms with Gasteiger partial charge in [-0.25, -0.2) is 26.8 Å². The number of hydrogen-bond donors (Lipinski definition) is 0. The summed E-state index contributed by atoms with van der Waals surface area (Å²) in [5.74, 6) is 0.807. The second kappa shape index (κ2) is 6.10. The number of rotatable bonds is 4. The average molecular weight is 362 g/mol. The van der Waals surface area contributed by atoms with Crippen molar-refractivity contribution in [2.45, 2.75) is 36.9 Å². The van der Waals surface area contributed by atoms with Gasteiger partial charge in [0.15, 0.2) is 0 Å². The lowest BCUT2D eigenvalue weighted by Crippen LogP contribution is -2.40. The molecule has 1 saturated carbocycles. The van der Waals surface area contributed by atoms with Crippen molar-refractivity contribution >= 4 is 10.0 Å². The number of aromatic nitrogens is 3. The third-order valence-corrected chi connectivity index (χ3v) is 7.49. The number of para-hydroxylation sites is 1. The van der Waals surface area contributed by atoms with Crippen molar-refractivity contribution in [1.29, 1.82) is 0 Å². The van der Waals surface area contributed by atoms with Crippen LogP contribution in [0.25, 0.3) is 5.69 Å². The lowest BCUT2D eigenvalue weighted by atomic mass is 9.97. The Kier molecular flexibility index (Phi) is 4.04. The van der Waals surface area contributed by atoms with Gasteiger partial charge >= 0.3 is 5.69 Å². The average Bonchev–Trinajstić information content (AvgIpc) is 3.44. The molecule has 1 aliphatic carbocycles. The van der Waals surface area contributed by atoms with Gasteiger partial charge in [-0.2, -0.15) is 5.10 Å². The van der Waals surface area contributed by atoms with Gasteiger partial charge in [-0.15, -0.1) is 0 Å². The van der Waals surface area contributed by atoms with Crippen LogP contribution in [-0.4, -0.2) is 45.4 Å². The number of nitrogens with zero attached hydrogens (tertiary/aromatic N) is 4. The van der Waals surface area contributed by atoms with Gasteiger partial charge in [0.1, 0.15) is 5.82 Å². The number of hydrogen-bond acceptors (Lipinski definition) is 4. The first kappa shape index (κ1) is 16.5. The minimum absolute atomic E-state index is 0.0831. The summed E-state index contributed by atoms with van der Waals surface area (Å²) in [7, 11) is -1.47. The highest BCUT2D eigenvalue weighted by atomic mass is 32.2. The number of sulfonamides is 1. The molecule has 0 unspecified atom stereocenters. The second-order valence-corrected chi connectivity index (χ2v) is 9.07. The molecule has 134 valence electrons. The fraction of sp³-hybridized carbons (Fsp3) is 0.529. The van der Waals surface area contributed by atoms with Gasteiger partial charge < -0.3 is 0 Å². The number of piperidine rings is 1. The molecule has 1 saturated heterocycles. The SMILES string of the molecule is Cn1nc(C2CCN(S(=O)(=O)C3CC3)CC2)n(-c2ccccc2)c1=O. The fourth-order valence-electron chi connectivity index (χ4n) is 3.51. The van der Waals surface area contributed by atoms with Crippen molar-refractivity contribution in [2.75, 3.05) is 13.1 Å².